The van der Waals surface area contributed by atoms with Crippen molar-refractivity contribution in [2.24, 2.45) is 0 Å². The van der Waals surface area contributed by atoms with Crippen molar-refractivity contribution in [3.8, 4) is 11.4 Å². The number of halogens is 2. The fourth-order valence-corrected chi connectivity index (χ4v) is 2.15. The number of aromatic amines is 1. The number of rotatable bonds is 2. The second-order valence-electron chi connectivity index (χ2n) is 3.71. The Balaban J connectivity index is 0.000000902. The molecular formula is C13H13Cl2N3S. The molecule has 0 aliphatic rings. The van der Waals surface area contributed by atoms with Gasteiger partial charge in [0.25, 0.3) is 0 Å². The van der Waals surface area contributed by atoms with E-state index in [0.717, 1.165) is 22.4 Å². The highest BCUT2D eigenvalue weighted by atomic mass is 35.5. The maximum absolute atomic E-state index is 4.54. The third-order valence-corrected chi connectivity index (χ3v) is 3.39. The fourth-order valence-electron chi connectivity index (χ4n) is 1.74. The van der Waals surface area contributed by atoms with Crippen LogP contribution in [0.25, 0.3) is 22.4 Å². The van der Waals surface area contributed by atoms with Gasteiger partial charge >= 0.3 is 0 Å². The van der Waals surface area contributed by atoms with E-state index < -0.39 is 0 Å². The Bertz CT molecular complexity index is 619. The third kappa shape index (κ3) is 3.21. The smallest absolute Gasteiger partial charge is 0.138 e. The number of benzene rings is 1. The molecule has 0 atom stereocenters. The van der Waals surface area contributed by atoms with Gasteiger partial charge in [0, 0.05) is 16.7 Å². The van der Waals surface area contributed by atoms with Crippen molar-refractivity contribution in [3.05, 3.63) is 42.7 Å². The summed E-state index contributed by atoms with van der Waals surface area (Å²) < 4.78 is 0. The van der Waals surface area contributed by atoms with Gasteiger partial charge in [-0.15, -0.1) is 36.6 Å². The SMILES string of the molecule is CSc1ccc(-c2nc3ccncc3[nH]2)cc1.Cl.Cl. The number of thioether (sulfide) groups is 1. The molecule has 1 aromatic carbocycles. The van der Waals surface area contributed by atoms with Gasteiger partial charge in [0.2, 0.25) is 0 Å². The summed E-state index contributed by atoms with van der Waals surface area (Å²) in [5.74, 6) is 0.889. The Morgan fingerprint density at radius 2 is 1.79 bits per heavy atom. The van der Waals surface area contributed by atoms with Crippen LogP contribution >= 0.6 is 36.6 Å². The van der Waals surface area contributed by atoms with Gasteiger partial charge in [-0.1, -0.05) is 12.1 Å². The van der Waals surface area contributed by atoms with Gasteiger partial charge in [0.15, 0.2) is 0 Å². The van der Waals surface area contributed by atoms with Crippen molar-refractivity contribution in [2.45, 2.75) is 4.90 Å². The Morgan fingerprint density at radius 1 is 1.05 bits per heavy atom. The third-order valence-electron chi connectivity index (χ3n) is 2.65. The molecule has 3 nitrogen and oxygen atoms in total. The molecule has 2 aromatic heterocycles. The van der Waals surface area contributed by atoms with Crippen LogP contribution in [0.1, 0.15) is 0 Å². The molecule has 3 aromatic rings. The molecule has 0 aliphatic heterocycles. The minimum absolute atomic E-state index is 0. The summed E-state index contributed by atoms with van der Waals surface area (Å²) in [6.07, 6.45) is 5.62. The van der Waals surface area contributed by atoms with E-state index in [-0.39, 0.29) is 24.8 Å². The van der Waals surface area contributed by atoms with Gasteiger partial charge < -0.3 is 4.98 Å². The number of aromatic nitrogens is 3. The van der Waals surface area contributed by atoms with Crippen molar-refractivity contribution < 1.29 is 0 Å². The quantitative estimate of drug-likeness (QED) is 0.721. The molecule has 0 amide bonds. The minimum Gasteiger partial charge on any atom is -0.337 e. The van der Waals surface area contributed by atoms with Gasteiger partial charge in [-0.25, -0.2) is 4.98 Å². The highest BCUT2D eigenvalue weighted by molar-refractivity contribution is 7.98. The lowest BCUT2D eigenvalue weighted by Crippen LogP contribution is -1.79. The number of nitrogens with zero attached hydrogens (tertiary/aromatic N) is 2. The van der Waals surface area contributed by atoms with E-state index >= 15 is 0 Å². The van der Waals surface area contributed by atoms with Crippen LogP contribution in [0, 0.1) is 0 Å². The van der Waals surface area contributed by atoms with E-state index in [1.165, 1.54) is 4.90 Å². The van der Waals surface area contributed by atoms with Gasteiger partial charge in [0.1, 0.15) is 5.82 Å². The largest absolute Gasteiger partial charge is 0.337 e. The van der Waals surface area contributed by atoms with Crippen molar-refractivity contribution in [1.29, 1.82) is 0 Å². The number of fused-ring (bicyclic) bond motifs is 1. The molecule has 0 unspecified atom stereocenters. The summed E-state index contributed by atoms with van der Waals surface area (Å²) in [6.45, 7) is 0. The topological polar surface area (TPSA) is 41.6 Å². The first kappa shape index (κ1) is 15.8. The van der Waals surface area contributed by atoms with Crippen molar-refractivity contribution in [2.75, 3.05) is 6.26 Å². The first-order valence-corrected chi connectivity index (χ1v) is 6.53. The average molecular weight is 314 g/mol. The van der Waals surface area contributed by atoms with Crippen LogP contribution in [0.4, 0.5) is 0 Å². The van der Waals surface area contributed by atoms with Gasteiger partial charge in [0.05, 0.1) is 17.2 Å². The molecular weight excluding hydrogens is 301 g/mol. The Labute approximate surface area is 128 Å². The summed E-state index contributed by atoms with van der Waals surface area (Å²) in [6, 6.07) is 10.3. The molecule has 1 N–H and O–H groups in total. The number of pyridine rings is 1. The molecule has 0 radical (unpaired) electrons. The highest BCUT2D eigenvalue weighted by Gasteiger charge is 2.04. The standard InChI is InChI=1S/C13H11N3S.2ClH/c1-17-10-4-2-9(3-5-10)13-15-11-6-7-14-8-12(11)16-13;;/h2-8H,1H3,(H,15,16);2*1H. The maximum Gasteiger partial charge on any atom is 0.138 e. The molecule has 2 heterocycles. The predicted octanol–water partition coefficient (Wildman–Crippen LogP) is 4.19. The Kier molecular flexibility index (Phi) is 5.66. The van der Waals surface area contributed by atoms with Crippen LogP contribution in [0.15, 0.2) is 47.6 Å². The Hall–Kier alpha value is -1.23. The van der Waals surface area contributed by atoms with E-state index in [0.29, 0.717) is 0 Å². The lowest BCUT2D eigenvalue weighted by molar-refractivity contribution is 1.32. The molecule has 19 heavy (non-hydrogen) atoms. The zero-order chi connectivity index (χ0) is 11.7. The molecule has 0 saturated carbocycles. The predicted molar refractivity (Wildman–Crippen MR) is 85.6 cm³/mol. The highest BCUT2D eigenvalue weighted by Crippen LogP contribution is 2.22. The van der Waals surface area contributed by atoms with E-state index in [1.54, 1.807) is 24.2 Å². The van der Waals surface area contributed by atoms with Crippen LogP contribution in [-0.4, -0.2) is 21.2 Å². The molecule has 0 bridgehead atoms. The number of imidazole rings is 1. The molecule has 0 aliphatic carbocycles. The lowest BCUT2D eigenvalue weighted by atomic mass is 10.2. The molecule has 0 fully saturated rings. The fraction of sp³-hybridized carbons (Fsp3) is 0.0769. The van der Waals surface area contributed by atoms with E-state index in [1.807, 2.05) is 6.07 Å². The summed E-state index contributed by atoms with van der Waals surface area (Å²) in [5.41, 5.74) is 3.01. The molecule has 100 valence electrons. The average Bonchev–Trinajstić information content (AvgIpc) is 2.82. The van der Waals surface area contributed by atoms with Gasteiger partial charge in [-0.3, -0.25) is 4.98 Å². The van der Waals surface area contributed by atoms with Crippen LogP contribution in [0.5, 0.6) is 0 Å². The zero-order valence-electron chi connectivity index (χ0n) is 10.2. The first-order chi connectivity index (χ1) is 8.36. The molecule has 0 spiro atoms. The summed E-state index contributed by atoms with van der Waals surface area (Å²) in [4.78, 5) is 13.1. The van der Waals surface area contributed by atoms with Crippen LogP contribution in [0.3, 0.4) is 0 Å². The second kappa shape index (κ2) is 6.80. The summed E-state index contributed by atoms with van der Waals surface area (Å²) >= 11 is 1.74. The van der Waals surface area contributed by atoms with Gasteiger partial charge in [-0.05, 0) is 24.5 Å². The van der Waals surface area contributed by atoms with E-state index in [4.69, 9.17) is 0 Å². The molecule has 6 heteroatoms. The lowest BCUT2D eigenvalue weighted by Gasteiger charge is -1.98. The van der Waals surface area contributed by atoms with Crippen molar-refractivity contribution >= 4 is 47.6 Å². The summed E-state index contributed by atoms with van der Waals surface area (Å²) in [7, 11) is 0. The van der Waals surface area contributed by atoms with Crippen LogP contribution < -0.4 is 0 Å². The zero-order valence-corrected chi connectivity index (χ0v) is 12.6. The van der Waals surface area contributed by atoms with Crippen molar-refractivity contribution in [3.63, 3.8) is 0 Å². The number of H-pyrrole nitrogens is 1. The van der Waals surface area contributed by atoms with Crippen LogP contribution in [-0.2, 0) is 0 Å². The number of hydrogen-bond donors (Lipinski definition) is 1. The maximum atomic E-state index is 4.54. The first-order valence-electron chi connectivity index (χ1n) is 5.31. The number of nitrogens with one attached hydrogen (secondary N) is 1. The van der Waals surface area contributed by atoms with Gasteiger partial charge in [-0.2, -0.15) is 0 Å². The normalized spacial score (nSPS) is 9.74. The molecule has 0 saturated heterocycles. The second-order valence-corrected chi connectivity index (χ2v) is 4.59. The van der Waals surface area contributed by atoms with E-state index in [9.17, 15) is 0 Å². The number of hydrogen-bond acceptors (Lipinski definition) is 3. The van der Waals surface area contributed by atoms with Crippen LogP contribution in [0.2, 0.25) is 0 Å². The molecule has 3 rings (SSSR count). The van der Waals surface area contributed by atoms with Crippen molar-refractivity contribution in [1.82, 2.24) is 15.0 Å². The summed E-state index contributed by atoms with van der Waals surface area (Å²) in [5, 5.41) is 0. The monoisotopic (exact) mass is 313 g/mol. The Morgan fingerprint density at radius 3 is 2.42 bits per heavy atom. The van der Waals surface area contributed by atoms with E-state index in [2.05, 4.69) is 45.5 Å². The minimum atomic E-state index is 0.